The Labute approximate surface area is 102 Å². The predicted molar refractivity (Wildman–Crippen MR) is 58.9 cm³/mol. The van der Waals surface area contributed by atoms with Crippen LogP contribution in [0, 0.1) is 15.0 Å². The van der Waals surface area contributed by atoms with Crippen LogP contribution in [0.15, 0.2) is 10.5 Å². The maximum Gasteiger partial charge on any atom is 0.280 e. The van der Waals surface area contributed by atoms with Gasteiger partial charge in [-0.1, -0.05) is 15.9 Å². The quantitative estimate of drug-likeness (QED) is 0.589. The number of alkyl halides is 2. The van der Waals surface area contributed by atoms with E-state index < -0.39 is 6.43 Å². The van der Waals surface area contributed by atoms with Gasteiger partial charge in [-0.2, -0.15) is 5.26 Å². The van der Waals surface area contributed by atoms with Crippen molar-refractivity contribution >= 4 is 38.5 Å². The minimum atomic E-state index is -2.65. The van der Waals surface area contributed by atoms with Gasteiger partial charge in [0.15, 0.2) is 0 Å². The average molecular weight is 373 g/mol. The highest BCUT2D eigenvalue weighted by atomic mass is 127. The van der Waals surface area contributed by atoms with Crippen LogP contribution in [0.2, 0.25) is 0 Å². The summed E-state index contributed by atoms with van der Waals surface area (Å²) in [5.74, 6) is 0. The van der Waals surface area contributed by atoms with E-state index in [4.69, 9.17) is 5.26 Å². The minimum absolute atomic E-state index is 0.0653. The van der Waals surface area contributed by atoms with Gasteiger partial charge in [0.05, 0.1) is 12.5 Å². The molecule has 0 aliphatic carbocycles. The van der Waals surface area contributed by atoms with Crippen LogP contribution in [0.1, 0.15) is 17.7 Å². The molecule has 0 fully saturated rings. The van der Waals surface area contributed by atoms with Crippen molar-refractivity contribution in [1.82, 2.24) is 4.98 Å². The van der Waals surface area contributed by atoms with E-state index in [0.29, 0.717) is 8.17 Å². The first-order valence-corrected chi connectivity index (χ1v) is 5.43. The van der Waals surface area contributed by atoms with Crippen LogP contribution >= 0.6 is 38.5 Å². The molecule has 14 heavy (non-hydrogen) atoms. The molecule has 0 bridgehead atoms. The molecule has 0 unspecified atom stereocenters. The first kappa shape index (κ1) is 11.8. The molecule has 1 aromatic rings. The largest absolute Gasteiger partial charge is 0.280 e. The molecular weight excluding hydrogens is 369 g/mol. The van der Waals surface area contributed by atoms with Crippen molar-refractivity contribution in [3.05, 3.63) is 25.5 Å². The third kappa shape index (κ3) is 2.60. The van der Waals surface area contributed by atoms with Gasteiger partial charge in [-0.05, 0) is 28.7 Å². The van der Waals surface area contributed by atoms with Crippen molar-refractivity contribution in [2.24, 2.45) is 0 Å². The summed E-state index contributed by atoms with van der Waals surface area (Å²) in [5.41, 5.74) is -0.0479. The predicted octanol–water partition coefficient (Wildman–Crippen LogP) is 3.45. The first-order chi connectivity index (χ1) is 6.56. The van der Waals surface area contributed by atoms with E-state index in [9.17, 15) is 8.78 Å². The number of pyridine rings is 1. The Kier molecular flexibility index (Phi) is 4.19. The summed E-state index contributed by atoms with van der Waals surface area (Å²) < 4.78 is 26.0. The third-order valence-corrected chi connectivity index (χ3v) is 2.79. The number of aromatic nitrogens is 1. The number of halogens is 4. The Balaban J connectivity index is 3.30. The summed E-state index contributed by atoms with van der Waals surface area (Å²) in [6, 6.07) is 3.44. The van der Waals surface area contributed by atoms with Crippen LogP contribution in [0.5, 0.6) is 0 Å². The molecule has 2 nitrogen and oxygen atoms in total. The second-order valence-corrected chi connectivity index (χ2v) is 4.39. The first-order valence-electron chi connectivity index (χ1n) is 3.56. The Morgan fingerprint density at radius 1 is 1.64 bits per heavy atom. The molecule has 6 heteroatoms. The van der Waals surface area contributed by atoms with Gasteiger partial charge in [0.25, 0.3) is 6.43 Å². The summed E-state index contributed by atoms with van der Waals surface area (Å²) in [5, 5.41) is 8.47. The maximum atomic E-state index is 12.5. The molecule has 0 saturated heterocycles. The summed E-state index contributed by atoms with van der Waals surface area (Å²) in [4.78, 5) is 3.71. The van der Waals surface area contributed by atoms with Crippen LogP contribution in [0.4, 0.5) is 8.78 Å². The molecule has 0 radical (unpaired) electrons. The van der Waals surface area contributed by atoms with Crippen LogP contribution in [0.25, 0.3) is 0 Å². The van der Waals surface area contributed by atoms with Crippen molar-refractivity contribution < 1.29 is 8.78 Å². The van der Waals surface area contributed by atoms with Gasteiger partial charge < -0.3 is 0 Å². The van der Waals surface area contributed by atoms with E-state index in [1.807, 2.05) is 28.7 Å². The second-order valence-electron chi connectivity index (χ2n) is 2.43. The number of hydrogen-bond acceptors (Lipinski definition) is 2. The van der Waals surface area contributed by atoms with Gasteiger partial charge in [-0.25, -0.2) is 13.8 Å². The van der Waals surface area contributed by atoms with Gasteiger partial charge in [-0.3, -0.25) is 0 Å². The molecule has 1 aromatic heterocycles. The zero-order valence-corrected chi connectivity index (χ0v) is 10.5. The van der Waals surface area contributed by atoms with Crippen LogP contribution in [-0.2, 0) is 6.42 Å². The van der Waals surface area contributed by atoms with Gasteiger partial charge >= 0.3 is 0 Å². The van der Waals surface area contributed by atoms with Gasteiger partial charge in [-0.15, -0.1) is 0 Å². The fraction of sp³-hybridized carbons (Fsp3) is 0.250. The molecule has 1 heterocycles. The highest BCUT2D eigenvalue weighted by Crippen LogP contribution is 2.28. The Morgan fingerprint density at radius 2 is 2.29 bits per heavy atom. The van der Waals surface area contributed by atoms with Crippen molar-refractivity contribution in [3.8, 4) is 6.07 Å². The van der Waals surface area contributed by atoms with Gasteiger partial charge in [0.1, 0.15) is 9.39 Å². The number of rotatable bonds is 2. The van der Waals surface area contributed by atoms with E-state index in [0.717, 1.165) is 0 Å². The summed E-state index contributed by atoms with van der Waals surface area (Å²) >= 11 is 4.99. The molecule has 0 aliphatic rings. The fourth-order valence-corrected chi connectivity index (χ4v) is 2.52. The molecule has 0 saturated carbocycles. The number of nitriles is 1. The van der Waals surface area contributed by atoms with Crippen LogP contribution in [0.3, 0.4) is 0 Å². The Bertz CT molecular complexity index is 390. The molecule has 1 rings (SSSR count). The SMILES string of the molecule is N#CCc1c(Br)cc(I)nc1C(F)F. The van der Waals surface area contributed by atoms with Crippen LogP contribution in [-0.4, -0.2) is 4.98 Å². The molecule has 0 spiro atoms. The zero-order chi connectivity index (χ0) is 10.7. The molecule has 0 N–H and O–H groups in total. The smallest absolute Gasteiger partial charge is 0.240 e. The maximum absolute atomic E-state index is 12.5. The lowest BCUT2D eigenvalue weighted by Gasteiger charge is -2.07. The fourth-order valence-electron chi connectivity index (χ4n) is 0.963. The minimum Gasteiger partial charge on any atom is -0.240 e. The zero-order valence-electron chi connectivity index (χ0n) is 6.77. The normalized spacial score (nSPS) is 10.3. The standard InChI is InChI=1S/C8H4BrF2IN2/c9-5-3-6(12)14-7(8(10)11)4(5)1-2-13/h3,8H,1H2. The topological polar surface area (TPSA) is 36.7 Å². The lowest BCUT2D eigenvalue weighted by molar-refractivity contribution is 0.144. The molecule has 0 aliphatic heterocycles. The summed E-state index contributed by atoms with van der Waals surface area (Å²) in [7, 11) is 0. The molecule has 0 atom stereocenters. The lowest BCUT2D eigenvalue weighted by atomic mass is 10.1. The van der Waals surface area contributed by atoms with E-state index in [2.05, 4.69) is 20.9 Å². The van der Waals surface area contributed by atoms with Crippen LogP contribution < -0.4 is 0 Å². The lowest BCUT2D eigenvalue weighted by Crippen LogP contribution is -2.01. The van der Waals surface area contributed by atoms with E-state index in [1.165, 1.54) is 0 Å². The highest BCUT2D eigenvalue weighted by molar-refractivity contribution is 14.1. The van der Waals surface area contributed by atoms with E-state index in [1.54, 1.807) is 6.07 Å². The third-order valence-electron chi connectivity index (χ3n) is 1.53. The Morgan fingerprint density at radius 3 is 2.79 bits per heavy atom. The summed E-state index contributed by atoms with van der Waals surface area (Å²) in [6.45, 7) is 0. The molecule has 74 valence electrons. The van der Waals surface area contributed by atoms with E-state index in [-0.39, 0.29) is 17.7 Å². The van der Waals surface area contributed by atoms with Crippen molar-refractivity contribution in [2.75, 3.05) is 0 Å². The van der Waals surface area contributed by atoms with Crippen molar-refractivity contribution in [3.63, 3.8) is 0 Å². The highest BCUT2D eigenvalue weighted by Gasteiger charge is 2.18. The summed E-state index contributed by atoms with van der Waals surface area (Å²) in [6.07, 6.45) is -2.71. The number of hydrogen-bond donors (Lipinski definition) is 0. The second kappa shape index (κ2) is 4.98. The van der Waals surface area contributed by atoms with Gasteiger partial charge in [0, 0.05) is 10.0 Å². The Hall–Kier alpha value is -0.290. The van der Waals surface area contributed by atoms with Gasteiger partial charge in [0.2, 0.25) is 0 Å². The molecule has 0 amide bonds. The number of nitrogens with zero attached hydrogens (tertiary/aromatic N) is 2. The van der Waals surface area contributed by atoms with Crippen molar-refractivity contribution in [2.45, 2.75) is 12.8 Å². The molecule has 0 aromatic carbocycles. The van der Waals surface area contributed by atoms with Crippen molar-refractivity contribution in [1.29, 1.82) is 5.26 Å². The monoisotopic (exact) mass is 372 g/mol. The van der Waals surface area contributed by atoms with E-state index >= 15 is 0 Å². The molecular formula is C8H4BrF2IN2. The average Bonchev–Trinajstić information content (AvgIpc) is 2.09.